The third-order valence-corrected chi connectivity index (χ3v) is 25.6. The molecule has 0 N–H and O–H groups in total. The Morgan fingerprint density at radius 2 is 0.453 bits per heavy atom. The summed E-state index contributed by atoms with van der Waals surface area (Å²) in [5.74, 6) is 6.12. The molecule has 0 atom stereocenters. The fourth-order valence-corrected chi connectivity index (χ4v) is 12.7. The number of benzene rings is 3. The van der Waals surface area contributed by atoms with E-state index in [2.05, 4.69) is 278 Å². The maximum atomic E-state index is 6.56. The van der Waals surface area contributed by atoms with Gasteiger partial charge in [-0.15, -0.1) is 0 Å². The van der Waals surface area contributed by atoms with E-state index in [9.17, 15) is 0 Å². The van der Waals surface area contributed by atoms with Gasteiger partial charge in [0.15, 0.2) is 0 Å². The van der Waals surface area contributed by atoms with Gasteiger partial charge < -0.3 is 74.5 Å². The largest absolute Gasteiger partial charge is 0.495 e. The molecule has 8 saturated heterocycles. The fourth-order valence-electron chi connectivity index (χ4n) is 12.7. The lowest BCUT2D eigenvalue weighted by Gasteiger charge is -2.32. The lowest BCUT2D eigenvalue weighted by atomic mass is 9.60. The molecule has 11 rings (SSSR count). The molecule has 16 nitrogen and oxygen atoms in total. The van der Waals surface area contributed by atoms with Gasteiger partial charge in [-0.1, -0.05) is 148 Å². The summed E-state index contributed by atoms with van der Waals surface area (Å²) in [5, 5.41) is 0. The third-order valence-electron chi connectivity index (χ3n) is 25.6. The van der Waals surface area contributed by atoms with Crippen LogP contribution in [0.15, 0.2) is 120 Å². The van der Waals surface area contributed by atoms with E-state index in [1.54, 1.807) is 0 Å². The molecule has 8 fully saturated rings. The molecule has 3 aromatic rings. The van der Waals surface area contributed by atoms with Gasteiger partial charge in [0.2, 0.25) is 0 Å². The molecule has 3 aromatic carbocycles. The van der Waals surface area contributed by atoms with Crippen molar-refractivity contribution in [2.75, 3.05) is 0 Å². The summed E-state index contributed by atoms with van der Waals surface area (Å²) in [6.07, 6.45) is 6.37. The van der Waals surface area contributed by atoms with E-state index >= 15 is 0 Å². The van der Waals surface area contributed by atoms with E-state index < -0.39 is 62.1 Å². The minimum atomic E-state index is -0.559. The highest BCUT2D eigenvalue weighted by molar-refractivity contribution is 6.82. The average molecular weight is 1460 g/mol. The minimum Gasteiger partial charge on any atom is -0.400 e. The molecular weight excluding hydrogens is 1330 g/mol. The van der Waals surface area contributed by atoms with Crippen LogP contribution in [0.5, 0.6) is 0 Å². The Labute approximate surface area is 644 Å². The van der Waals surface area contributed by atoms with Gasteiger partial charge in [-0.2, -0.15) is 0 Å². The van der Waals surface area contributed by atoms with Crippen molar-refractivity contribution in [1.82, 2.24) is 0 Å². The summed E-state index contributed by atoms with van der Waals surface area (Å²) in [5.41, 5.74) is 2.05. The highest BCUT2D eigenvalue weighted by atomic mass is 16.7. The minimum absolute atomic E-state index is 0.332. The van der Waals surface area contributed by atoms with Crippen molar-refractivity contribution < 1.29 is 74.5 Å². The predicted octanol–water partition coefficient (Wildman–Crippen LogP) is 18.9. The molecule has 0 aliphatic carbocycles. The maximum Gasteiger partial charge on any atom is 0.495 e. The summed E-state index contributed by atoms with van der Waals surface area (Å²) in [4.78, 5) is 0. The first-order valence-electron chi connectivity index (χ1n) is 39.2. The van der Waals surface area contributed by atoms with Crippen LogP contribution in [0.25, 0.3) is 16.4 Å². The Morgan fingerprint density at radius 1 is 0.236 bits per heavy atom. The van der Waals surface area contributed by atoms with Gasteiger partial charge in [0.1, 0.15) is 0 Å². The number of hydrogen-bond acceptors (Lipinski definition) is 16. The molecule has 0 saturated carbocycles. The average Bonchev–Trinajstić information content (AvgIpc) is 1.58. The van der Waals surface area contributed by atoms with Crippen molar-refractivity contribution in [2.24, 2.45) is 0 Å². The van der Waals surface area contributed by atoms with Crippen LogP contribution in [0, 0.1) is 0 Å². The van der Waals surface area contributed by atoms with Crippen molar-refractivity contribution >= 4 is 73.4 Å². The summed E-state index contributed by atoms with van der Waals surface area (Å²) in [6.45, 7) is 70.6. The van der Waals surface area contributed by atoms with Crippen LogP contribution >= 0.6 is 0 Å². The van der Waals surface area contributed by atoms with Crippen molar-refractivity contribution in [3.63, 3.8) is 0 Å². The molecule has 0 radical (unpaired) electrons. The van der Waals surface area contributed by atoms with E-state index in [4.69, 9.17) is 74.5 Å². The van der Waals surface area contributed by atoms with Gasteiger partial charge in [-0.05, 0) is 278 Å². The summed E-state index contributed by atoms with van der Waals surface area (Å²) < 4.78 is 101. The summed E-state index contributed by atoms with van der Waals surface area (Å²) in [6, 6.07) is 30.7. The molecule has 0 amide bonds. The Hall–Kier alpha value is -3.50. The Kier molecular flexibility index (Phi) is 26.1. The van der Waals surface area contributed by atoms with E-state index in [1.807, 2.05) is 66.5 Å². The van der Waals surface area contributed by atoms with Crippen LogP contribution in [0.4, 0.5) is 0 Å². The number of hydrogen-bond donors (Lipinski definition) is 0. The molecule has 580 valence electrons. The molecule has 0 unspecified atom stereocenters. The second kappa shape index (κ2) is 31.5. The highest BCUT2D eigenvalue weighted by Crippen LogP contribution is 2.50. The van der Waals surface area contributed by atoms with Crippen molar-refractivity contribution in [1.29, 1.82) is 0 Å². The first-order valence-corrected chi connectivity index (χ1v) is 39.2. The lowest BCUT2D eigenvalue weighted by Crippen LogP contribution is -2.41. The first kappa shape index (κ1) is 88.1. The molecule has 0 aromatic heterocycles. The second-order valence-electron chi connectivity index (χ2n) is 38.1. The van der Waals surface area contributed by atoms with Crippen LogP contribution in [0.3, 0.4) is 0 Å². The predicted molar refractivity (Wildman–Crippen MR) is 438 cm³/mol. The van der Waals surface area contributed by atoms with Gasteiger partial charge in [0, 0.05) is 0 Å². The Bertz CT molecular complexity index is 3390. The van der Waals surface area contributed by atoms with Crippen LogP contribution in [-0.2, 0) is 74.5 Å². The smallest absolute Gasteiger partial charge is 0.400 e. The second-order valence-corrected chi connectivity index (χ2v) is 38.1. The van der Waals surface area contributed by atoms with Gasteiger partial charge in [-0.3, -0.25) is 0 Å². The molecule has 8 aliphatic rings. The van der Waals surface area contributed by atoms with Crippen LogP contribution in [0.2, 0.25) is 0 Å². The molecular formula is C82H132B8O16. The highest BCUT2D eigenvalue weighted by Gasteiger charge is 2.61. The Morgan fingerprint density at radius 3 is 0.708 bits per heavy atom. The van der Waals surface area contributed by atoms with Crippen molar-refractivity contribution in [3.05, 3.63) is 137 Å². The quantitative estimate of drug-likeness (QED) is 0.0716. The van der Waals surface area contributed by atoms with Gasteiger partial charge in [0.05, 0.1) is 89.6 Å². The molecule has 106 heavy (non-hydrogen) atoms. The number of rotatable bonds is 17. The molecule has 0 bridgehead atoms. The monoisotopic (exact) mass is 1460 g/mol. The standard InChI is InChI=1S/C26H34B2O4.C20H30B2O4.C19H36B2O4.C17H32B2O4/c1-23(2)24(3,4)30-27(29-23)21(19-15-11-9-12-16-19)22(20-17-13-10-14-18-20)28-31-25(5,6)26(7,8)32-28;1-17(2)18(3,4)24-21(23-17)14-16(15-12-10-9-11-13-15)22-25-19(5,6)20(7,8)26-22;1-10-11-12-13-15(21-24-18(6,7)19(8,9)25-21)14-20-22-16(2,3)17(4,5)23-20;1-10-11-13(19-22-16(6,7)17(8,9)23-19)12-18-20-14(2,3)15(4,5)21-18/h9-18H,1-8H3;9-14H,1-8H3;14H,10-13H2,1-9H3;12H,10-11H2,1-9H3/b22-21-;;;. The van der Waals surface area contributed by atoms with Gasteiger partial charge in [-0.25, -0.2) is 0 Å². The zero-order chi connectivity index (χ0) is 79.5. The normalized spacial score (nSPS) is 26.3. The van der Waals surface area contributed by atoms with E-state index in [0.29, 0.717) is 0 Å². The lowest BCUT2D eigenvalue weighted by molar-refractivity contribution is 0.00578. The SMILES string of the molecule is CC1(C)OB(/C(=C(\B2OC(C)(C)C(C)(C)O2)c2ccccc2)c2ccccc2)OC1(C)C.CC1(C)OB(C=C(B2OC(C)(C)C(C)(C)O2)c2ccccc2)OC1(C)C.CCCC(=CB1OC(C)(C)C(C)(C)O1)B1OC(C)(C)C(C)(C)O1.CCCCCC(=CB1OC(C)(C)C(C)(C)O1)B1OC(C)(C)C(C)(C)O1. The molecule has 0 spiro atoms. The van der Waals surface area contributed by atoms with E-state index in [0.717, 1.165) is 69.7 Å². The van der Waals surface area contributed by atoms with Crippen LogP contribution in [-0.4, -0.2) is 147 Å². The first-order chi connectivity index (χ1) is 48.3. The Balaban J connectivity index is 0.000000180. The maximum absolute atomic E-state index is 6.56. The zero-order valence-electron chi connectivity index (χ0n) is 71.8. The van der Waals surface area contributed by atoms with Crippen LogP contribution < -0.4 is 0 Å². The molecule has 8 aliphatic heterocycles. The van der Waals surface area contributed by atoms with Crippen molar-refractivity contribution in [2.45, 2.75) is 364 Å². The third kappa shape index (κ3) is 19.1. The summed E-state index contributed by atoms with van der Waals surface area (Å²) in [7, 11) is -3.43. The topological polar surface area (TPSA) is 148 Å². The fraction of sp³-hybridized carbons (Fsp3) is 0.683. The number of allylic oxidation sites excluding steroid dienone is 2. The molecule has 24 heteroatoms. The number of unbranched alkanes of at least 4 members (excludes halogenated alkanes) is 2. The van der Waals surface area contributed by atoms with Crippen molar-refractivity contribution in [3.8, 4) is 0 Å². The van der Waals surface area contributed by atoms with Gasteiger partial charge >= 0.3 is 56.9 Å². The van der Waals surface area contributed by atoms with Gasteiger partial charge in [0.25, 0.3) is 0 Å². The zero-order valence-corrected chi connectivity index (χ0v) is 71.8. The summed E-state index contributed by atoms with van der Waals surface area (Å²) >= 11 is 0. The van der Waals surface area contributed by atoms with E-state index in [1.165, 1.54) is 12.8 Å². The van der Waals surface area contributed by atoms with E-state index in [-0.39, 0.29) is 84.5 Å². The molecule has 8 heterocycles. The van der Waals surface area contributed by atoms with Crippen LogP contribution in [0.1, 0.15) is 291 Å².